The summed E-state index contributed by atoms with van der Waals surface area (Å²) in [5, 5.41) is 31.4. The van der Waals surface area contributed by atoms with Gasteiger partial charge in [0.1, 0.15) is 5.75 Å². The van der Waals surface area contributed by atoms with Crippen molar-refractivity contribution in [2.24, 2.45) is 5.10 Å². The fraction of sp³-hybridized carbons (Fsp3) is 0.591. The minimum Gasteiger partial charge on any atom is -0.507 e. The average molecular weight is 463 g/mol. The summed E-state index contributed by atoms with van der Waals surface area (Å²) in [6.07, 6.45) is 3.91. The van der Waals surface area contributed by atoms with Gasteiger partial charge in [0, 0.05) is 49.9 Å². The first-order valence-electron chi connectivity index (χ1n) is 10.6. The molecule has 7 nitrogen and oxygen atoms in total. The second-order valence-electron chi connectivity index (χ2n) is 10.1. The average Bonchev–Trinajstić information content (AvgIpc) is 3.27. The van der Waals surface area contributed by atoms with Gasteiger partial charge in [-0.2, -0.15) is 5.10 Å². The highest BCUT2D eigenvalue weighted by Crippen LogP contribution is 2.42. The van der Waals surface area contributed by atoms with E-state index in [4.69, 9.17) is 11.6 Å². The van der Waals surface area contributed by atoms with Crippen LogP contribution in [-0.2, 0) is 0 Å². The molecule has 2 aliphatic heterocycles. The number of anilines is 1. The molecule has 9 heteroatoms. The minimum atomic E-state index is 0.0449. The Morgan fingerprint density at radius 2 is 1.87 bits per heavy atom. The zero-order valence-corrected chi connectivity index (χ0v) is 20.5. The van der Waals surface area contributed by atoms with Gasteiger partial charge in [-0.15, -0.1) is 10.2 Å². The summed E-state index contributed by atoms with van der Waals surface area (Å²) in [6, 6.07) is 4.01. The Morgan fingerprint density at radius 3 is 2.45 bits per heavy atom. The lowest BCUT2D eigenvalue weighted by atomic mass is 9.79. The second-order valence-corrected chi connectivity index (χ2v) is 11.4. The lowest BCUT2D eigenvalue weighted by Gasteiger charge is -2.48. The van der Waals surface area contributed by atoms with Crippen LogP contribution in [0.5, 0.6) is 5.75 Å². The number of phenols is 1. The van der Waals surface area contributed by atoms with E-state index in [2.05, 4.69) is 60.3 Å². The van der Waals surface area contributed by atoms with E-state index in [-0.39, 0.29) is 22.7 Å². The molecule has 2 aliphatic rings. The number of benzene rings is 1. The van der Waals surface area contributed by atoms with E-state index in [0.29, 0.717) is 21.6 Å². The van der Waals surface area contributed by atoms with Gasteiger partial charge in [-0.1, -0.05) is 22.9 Å². The summed E-state index contributed by atoms with van der Waals surface area (Å²) in [5.74, 6) is 0.241. The van der Waals surface area contributed by atoms with E-state index >= 15 is 0 Å². The summed E-state index contributed by atoms with van der Waals surface area (Å²) in [6.45, 7) is 9.74. The number of hydrogen-bond acceptors (Lipinski definition) is 8. The van der Waals surface area contributed by atoms with Crippen molar-refractivity contribution in [2.75, 3.05) is 25.5 Å². The van der Waals surface area contributed by atoms with Crippen molar-refractivity contribution in [1.29, 1.82) is 0 Å². The Hall–Kier alpha value is -1.90. The van der Waals surface area contributed by atoms with Crippen molar-refractivity contribution in [1.82, 2.24) is 20.5 Å². The van der Waals surface area contributed by atoms with Gasteiger partial charge in [0.05, 0.1) is 10.6 Å². The number of rotatable bonds is 4. The van der Waals surface area contributed by atoms with Crippen LogP contribution in [0.4, 0.5) is 5.13 Å². The molecule has 4 rings (SSSR count). The van der Waals surface area contributed by atoms with Gasteiger partial charge in [-0.25, -0.2) is 0 Å². The fourth-order valence-electron chi connectivity index (χ4n) is 4.96. The van der Waals surface area contributed by atoms with Crippen molar-refractivity contribution >= 4 is 34.3 Å². The Bertz CT molecular complexity index is 965. The highest BCUT2D eigenvalue weighted by atomic mass is 35.5. The number of nitrogens with one attached hydrogen (secondary N) is 1. The number of aromatic hydroxyl groups is 1. The van der Waals surface area contributed by atoms with E-state index in [9.17, 15) is 5.11 Å². The molecule has 0 aliphatic carbocycles. The summed E-state index contributed by atoms with van der Waals surface area (Å²) in [4.78, 5) is 2.22. The first kappa shape index (κ1) is 22.3. The molecular formula is C22H31ClN6OS. The lowest BCUT2D eigenvalue weighted by molar-refractivity contribution is 0.161. The third-order valence-electron chi connectivity index (χ3n) is 6.07. The Morgan fingerprint density at radius 1 is 1.19 bits per heavy atom. The Balaban J connectivity index is 1.58. The van der Waals surface area contributed by atoms with Gasteiger partial charge in [0.25, 0.3) is 0 Å². The zero-order chi connectivity index (χ0) is 22.6. The van der Waals surface area contributed by atoms with Crippen LogP contribution in [0, 0.1) is 0 Å². The molecule has 0 amide bonds. The molecular weight excluding hydrogens is 432 g/mol. The summed E-state index contributed by atoms with van der Waals surface area (Å²) >= 11 is 8.05. The summed E-state index contributed by atoms with van der Waals surface area (Å²) in [7, 11) is 4.00. The Kier molecular flexibility index (Phi) is 5.69. The highest BCUT2D eigenvalue weighted by Gasteiger charge is 2.40. The molecule has 1 unspecified atom stereocenters. The van der Waals surface area contributed by atoms with E-state index in [1.54, 1.807) is 6.07 Å². The Labute approximate surface area is 193 Å². The molecule has 168 valence electrons. The van der Waals surface area contributed by atoms with E-state index in [0.717, 1.165) is 30.1 Å². The number of aromatic nitrogens is 2. The maximum absolute atomic E-state index is 10.8. The van der Waals surface area contributed by atoms with Gasteiger partial charge < -0.3 is 15.3 Å². The van der Waals surface area contributed by atoms with Crippen molar-refractivity contribution < 1.29 is 5.11 Å². The quantitative estimate of drug-likeness (QED) is 0.704. The fourth-order valence-corrected chi connectivity index (χ4v) is 6.27. The molecule has 1 fully saturated rings. The van der Waals surface area contributed by atoms with Gasteiger partial charge in [-0.3, -0.25) is 5.01 Å². The molecule has 0 spiro atoms. The summed E-state index contributed by atoms with van der Waals surface area (Å²) in [5.41, 5.74) is 1.57. The topological polar surface area (TPSA) is 76.9 Å². The molecule has 2 aromatic rings. The predicted molar refractivity (Wildman–Crippen MR) is 129 cm³/mol. The minimum absolute atomic E-state index is 0.0449. The molecule has 31 heavy (non-hydrogen) atoms. The maximum Gasteiger partial charge on any atom is 0.208 e. The highest BCUT2D eigenvalue weighted by molar-refractivity contribution is 7.18. The molecule has 0 bridgehead atoms. The number of halogens is 1. The van der Waals surface area contributed by atoms with Gasteiger partial charge in [0.15, 0.2) is 5.01 Å². The maximum atomic E-state index is 10.8. The van der Waals surface area contributed by atoms with Crippen LogP contribution in [0.25, 0.3) is 10.6 Å². The van der Waals surface area contributed by atoms with Crippen molar-refractivity contribution in [3.8, 4) is 16.3 Å². The van der Waals surface area contributed by atoms with Crippen molar-refractivity contribution in [3.05, 3.63) is 22.7 Å². The molecule has 1 aromatic heterocycles. The van der Waals surface area contributed by atoms with Crippen LogP contribution in [-0.4, -0.2) is 64.3 Å². The molecule has 1 aromatic carbocycles. The zero-order valence-electron chi connectivity index (χ0n) is 19.0. The first-order chi connectivity index (χ1) is 14.4. The largest absolute Gasteiger partial charge is 0.507 e. The van der Waals surface area contributed by atoms with Crippen LogP contribution in [0.3, 0.4) is 0 Å². The number of hydrazone groups is 1. The number of likely N-dealkylation sites (N-methyl/N-ethyl adjacent to an activating group) is 1. The molecule has 0 saturated carbocycles. The molecule has 1 atom stereocenters. The number of phenolic OH excluding ortho intramolecular Hbond substituents is 1. The van der Waals surface area contributed by atoms with Crippen LogP contribution in [0.2, 0.25) is 5.02 Å². The van der Waals surface area contributed by atoms with Crippen molar-refractivity contribution in [2.45, 2.75) is 63.6 Å². The monoisotopic (exact) mass is 462 g/mol. The second kappa shape index (κ2) is 7.90. The number of nitrogens with zero attached hydrogens (tertiary/aromatic N) is 5. The van der Waals surface area contributed by atoms with Crippen LogP contribution < -0.4 is 10.2 Å². The third kappa shape index (κ3) is 4.66. The normalized spacial score (nSPS) is 22.8. The van der Waals surface area contributed by atoms with Gasteiger partial charge >= 0.3 is 0 Å². The third-order valence-corrected chi connectivity index (χ3v) is 7.40. The SMILES string of the molecule is CN1CC(c2cc(O)c(-c3nnc(N(C)C4CC(C)(C)NC(C)(C)C4)s3)c(Cl)c2)C=N1. The molecule has 3 heterocycles. The van der Waals surface area contributed by atoms with Gasteiger partial charge in [0.2, 0.25) is 5.13 Å². The van der Waals surface area contributed by atoms with E-state index < -0.39 is 0 Å². The predicted octanol–water partition coefficient (Wildman–Crippen LogP) is 4.32. The molecule has 2 N–H and O–H groups in total. The lowest BCUT2D eigenvalue weighted by Crippen LogP contribution is -2.61. The van der Waals surface area contributed by atoms with Crippen LogP contribution in [0.15, 0.2) is 17.2 Å². The van der Waals surface area contributed by atoms with Crippen molar-refractivity contribution in [3.63, 3.8) is 0 Å². The first-order valence-corrected chi connectivity index (χ1v) is 11.8. The van der Waals surface area contributed by atoms with Crippen LogP contribution >= 0.6 is 22.9 Å². The van der Waals surface area contributed by atoms with Gasteiger partial charge in [-0.05, 0) is 58.2 Å². The molecule has 1 saturated heterocycles. The molecule has 0 radical (unpaired) electrons. The van der Waals surface area contributed by atoms with Crippen LogP contribution in [0.1, 0.15) is 52.0 Å². The number of hydrogen-bond donors (Lipinski definition) is 2. The number of piperidine rings is 1. The standard InChI is InChI=1S/C22H31ClN6OS/c1-21(2)9-15(10-22(3,4)27-21)29(6)20-26-25-19(31-20)18-16(23)7-13(8-17(18)30)14-11-24-28(5)12-14/h7-8,11,14-15,27,30H,9-10,12H2,1-6H3. The van der Waals surface area contributed by atoms with E-state index in [1.165, 1.54) is 11.3 Å². The smallest absolute Gasteiger partial charge is 0.208 e. The summed E-state index contributed by atoms with van der Waals surface area (Å²) < 4.78 is 0. The van der Waals surface area contributed by atoms with E-state index in [1.807, 2.05) is 24.3 Å².